The lowest BCUT2D eigenvalue weighted by Crippen LogP contribution is -2.25. The Morgan fingerprint density at radius 2 is 2.04 bits per heavy atom. The van der Waals surface area contributed by atoms with E-state index in [0.717, 1.165) is 45.0 Å². The predicted octanol–water partition coefficient (Wildman–Crippen LogP) is 4.04. The number of likely N-dealkylation sites (tertiary alicyclic amines) is 1. The topological polar surface area (TPSA) is 55.1 Å². The maximum atomic E-state index is 13.0. The Morgan fingerprint density at radius 3 is 2.85 bits per heavy atom. The van der Waals surface area contributed by atoms with Crippen LogP contribution in [0.3, 0.4) is 0 Å². The summed E-state index contributed by atoms with van der Waals surface area (Å²) in [5, 5.41) is 4.03. The zero-order valence-corrected chi connectivity index (χ0v) is 14.5. The highest BCUT2D eigenvalue weighted by molar-refractivity contribution is 5.47. The second-order valence-corrected chi connectivity index (χ2v) is 6.60. The van der Waals surface area contributed by atoms with E-state index >= 15 is 0 Å². The number of aromatic nitrogens is 3. The molecule has 0 bridgehead atoms. The molecular weight excluding hydrogens is 331 g/mol. The normalized spacial score (nSPS) is 17.7. The molecule has 26 heavy (non-hydrogen) atoms. The van der Waals surface area contributed by atoms with Gasteiger partial charge in [0.25, 0.3) is 0 Å². The monoisotopic (exact) mass is 352 g/mol. The lowest BCUT2D eigenvalue weighted by molar-refractivity contribution is 0.206. The van der Waals surface area contributed by atoms with Crippen LogP contribution in [0.4, 0.5) is 4.39 Å². The minimum atomic E-state index is -0.377. The van der Waals surface area contributed by atoms with Crippen LogP contribution in [0.5, 0.6) is 0 Å². The minimum Gasteiger partial charge on any atom is -0.337 e. The van der Waals surface area contributed by atoms with Gasteiger partial charge in [0.05, 0.1) is 12.2 Å². The van der Waals surface area contributed by atoms with Gasteiger partial charge in [0.15, 0.2) is 0 Å². The summed E-state index contributed by atoms with van der Waals surface area (Å²) in [5.41, 5.74) is 1.89. The quantitative estimate of drug-likeness (QED) is 0.670. The van der Waals surface area contributed by atoms with E-state index < -0.39 is 0 Å². The molecule has 6 heteroatoms. The minimum absolute atomic E-state index is 0.160. The number of halogens is 1. The van der Waals surface area contributed by atoms with Crippen molar-refractivity contribution in [3.8, 4) is 11.5 Å². The number of nitrogens with zero attached hydrogens (tertiary/aromatic N) is 4. The van der Waals surface area contributed by atoms with Crippen molar-refractivity contribution < 1.29 is 8.91 Å². The van der Waals surface area contributed by atoms with Crippen LogP contribution in [-0.4, -0.2) is 33.1 Å². The Bertz CT molecular complexity index is 835. The van der Waals surface area contributed by atoms with Crippen molar-refractivity contribution in [3.05, 3.63) is 65.9 Å². The van der Waals surface area contributed by atoms with E-state index in [2.05, 4.69) is 44.3 Å². The second-order valence-electron chi connectivity index (χ2n) is 6.60. The molecule has 0 N–H and O–H groups in total. The molecule has 3 heterocycles. The number of hydrogen-bond acceptors (Lipinski definition) is 5. The molecule has 0 spiro atoms. The van der Waals surface area contributed by atoms with E-state index in [1.54, 1.807) is 6.07 Å². The van der Waals surface area contributed by atoms with E-state index in [4.69, 9.17) is 4.52 Å². The third-order valence-electron chi connectivity index (χ3n) is 4.80. The first-order valence-electron chi connectivity index (χ1n) is 9.03. The Labute approximate surface area is 151 Å². The molecule has 1 fully saturated rings. The van der Waals surface area contributed by atoms with Gasteiger partial charge in [-0.3, -0.25) is 4.90 Å². The van der Waals surface area contributed by atoms with Gasteiger partial charge in [0, 0.05) is 0 Å². The molecular formula is C20H21FN4O. The van der Waals surface area contributed by atoms with Crippen LogP contribution >= 0.6 is 0 Å². The van der Waals surface area contributed by atoms with Gasteiger partial charge in [-0.15, -0.1) is 0 Å². The molecule has 1 unspecified atom stereocenters. The fourth-order valence-electron chi connectivity index (χ4n) is 3.49. The van der Waals surface area contributed by atoms with Gasteiger partial charge < -0.3 is 4.52 Å². The summed E-state index contributed by atoms with van der Waals surface area (Å²) < 4.78 is 18.5. The SMILES string of the molecule is Fc1ccc(-c2noc(C3CCCN3CCCc3ccccc3)n2)nc1. The Morgan fingerprint density at radius 1 is 1.15 bits per heavy atom. The standard InChI is InChI=1S/C20H21FN4O/c21-16-10-11-17(22-14-16)19-23-20(26-24-19)18-9-5-13-25(18)12-4-8-15-6-2-1-3-7-15/h1-3,6-7,10-11,14,18H,4-5,8-9,12-13H2. The van der Waals surface area contributed by atoms with Crippen LogP contribution in [0, 0.1) is 5.82 Å². The van der Waals surface area contributed by atoms with Crippen molar-refractivity contribution in [1.29, 1.82) is 0 Å². The molecule has 0 aliphatic carbocycles. The zero-order valence-electron chi connectivity index (χ0n) is 14.5. The molecule has 1 atom stereocenters. The van der Waals surface area contributed by atoms with Crippen molar-refractivity contribution in [2.24, 2.45) is 0 Å². The third kappa shape index (κ3) is 3.80. The number of rotatable bonds is 6. The summed E-state index contributed by atoms with van der Waals surface area (Å²) >= 11 is 0. The smallest absolute Gasteiger partial charge is 0.244 e. The first-order chi connectivity index (χ1) is 12.8. The van der Waals surface area contributed by atoms with Gasteiger partial charge in [-0.25, -0.2) is 9.37 Å². The van der Waals surface area contributed by atoms with Crippen LogP contribution in [-0.2, 0) is 6.42 Å². The van der Waals surface area contributed by atoms with Crippen molar-refractivity contribution >= 4 is 0 Å². The second kappa shape index (κ2) is 7.74. The molecule has 1 saturated heterocycles. The number of pyridine rings is 1. The summed E-state index contributed by atoms with van der Waals surface area (Å²) in [7, 11) is 0. The van der Waals surface area contributed by atoms with Crippen molar-refractivity contribution in [1.82, 2.24) is 20.0 Å². The molecule has 134 valence electrons. The number of hydrogen-bond donors (Lipinski definition) is 0. The molecule has 5 nitrogen and oxygen atoms in total. The number of aryl methyl sites for hydroxylation is 1. The fraction of sp³-hybridized carbons (Fsp3) is 0.350. The summed E-state index contributed by atoms with van der Waals surface area (Å²) in [6, 6.07) is 13.6. The van der Waals surface area contributed by atoms with Crippen LogP contribution in [0.15, 0.2) is 53.2 Å². The Balaban J connectivity index is 1.39. The van der Waals surface area contributed by atoms with Crippen molar-refractivity contribution in [3.63, 3.8) is 0 Å². The molecule has 0 saturated carbocycles. The molecule has 2 aromatic heterocycles. The summed E-state index contributed by atoms with van der Waals surface area (Å²) in [5.74, 6) is 0.664. The average molecular weight is 352 g/mol. The average Bonchev–Trinajstić information content (AvgIpc) is 3.32. The first kappa shape index (κ1) is 16.8. The Kier molecular flexibility index (Phi) is 5.02. The van der Waals surface area contributed by atoms with Crippen LogP contribution < -0.4 is 0 Å². The first-order valence-corrected chi connectivity index (χ1v) is 9.03. The van der Waals surface area contributed by atoms with E-state index in [1.807, 2.05) is 6.07 Å². The summed E-state index contributed by atoms with van der Waals surface area (Å²) in [6.07, 6.45) is 5.48. The van der Waals surface area contributed by atoms with E-state index in [0.29, 0.717) is 17.4 Å². The Hall–Kier alpha value is -2.60. The summed E-state index contributed by atoms with van der Waals surface area (Å²) in [6.45, 7) is 2.05. The van der Waals surface area contributed by atoms with Gasteiger partial charge in [-0.2, -0.15) is 4.98 Å². The van der Waals surface area contributed by atoms with E-state index in [-0.39, 0.29) is 11.9 Å². The molecule has 1 aromatic carbocycles. The van der Waals surface area contributed by atoms with Crippen LogP contribution in [0.25, 0.3) is 11.5 Å². The zero-order chi connectivity index (χ0) is 17.8. The van der Waals surface area contributed by atoms with Gasteiger partial charge in [0.1, 0.15) is 11.5 Å². The lowest BCUT2D eigenvalue weighted by atomic mass is 10.1. The van der Waals surface area contributed by atoms with Crippen molar-refractivity contribution in [2.45, 2.75) is 31.7 Å². The summed E-state index contributed by atoms with van der Waals surface area (Å²) in [4.78, 5) is 10.9. The van der Waals surface area contributed by atoms with E-state index in [9.17, 15) is 4.39 Å². The van der Waals surface area contributed by atoms with Crippen LogP contribution in [0.2, 0.25) is 0 Å². The van der Waals surface area contributed by atoms with Gasteiger partial charge in [-0.1, -0.05) is 35.5 Å². The largest absolute Gasteiger partial charge is 0.337 e. The van der Waals surface area contributed by atoms with Gasteiger partial charge in [0.2, 0.25) is 11.7 Å². The highest BCUT2D eigenvalue weighted by Gasteiger charge is 2.30. The molecule has 1 aliphatic heterocycles. The molecule has 0 amide bonds. The molecule has 0 radical (unpaired) electrons. The highest BCUT2D eigenvalue weighted by atomic mass is 19.1. The maximum Gasteiger partial charge on any atom is 0.244 e. The van der Waals surface area contributed by atoms with Crippen LogP contribution in [0.1, 0.15) is 36.8 Å². The van der Waals surface area contributed by atoms with Gasteiger partial charge in [-0.05, 0) is 56.5 Å². The molecule has 1 aliphatic rings. The fourth-order valence-corrected chi connectivity index (χ4v) is 3.49. The lowest BCUT2D eigenvalue weighted by Gasteiger charge is -2.21. The van der Waals surface area contributed by atoms with Crippen molar-refractivity contribution in [2.75, 3.05) is 13.1 Å². The third-order valence-corrected chi connectivity index (χ3v) is 4.80. The molecule has 3 aromatic rings. The van der Waals surface area contributed by atoms with E-state index in [1.165, 1.54) is 11.6 Å². The maximum absolute atomic E-state index is 13.0. The highest BCUT2D eigenvalue weighted by Crippen LogP contribution is 2.31. The van der Waals surface area contributed by atoms with Gasteiger partial charge >= 0.3 is 0 Å². The predicted molar refractivity (Wildman–Crippen MR) is 95.8 cm³/mol. The molecule has 4 rings (SSSR count). The number of benzene rings is 1.